The van der Waals surface area contributed by atoms with Crippen LogP contribution in [0.2, 0.25) is 0 Å². The minimum atomic E-state index is -0.0351. The highest BCUT2D eigenvalue weighted by molar-refractivity contribution is 9.10. The second-order valence-corrected chi connectivity index (χ2v) is 11.7. The molecule has 0 unspecified atom stereocenters. The Hall–Kier alpha value is -3.94. The number of fused-ring (bicyclic) bond motifs is 4. The van der Waals surface area contributed by atoms with E-state index < -0.39 is 0 Å². The van der Waals surface area contributed by atoms with Gasteiger partial charge in [0.25, 0.3) is 0 Å². The fourth-order valence-corrected chi connectivity index (χ4v) is 6.43. The molecular weight excluding hydrogens is 524 g/mol. The van der Waals surface area contributed by atoms with E-state index in [0.717, 1.165) is 4.47 Å². The smallest absolute Gasteiger partial charge is 0.0181 e. The van der Waals surface area contributed by atoms with E-state index in [9.17, 15) is 0 Å². The largest absolute Gasteiger partial charge is 0.0622 e. The summed E-state index contributed by atoms with van der Waals surface area (Å²) >= 11 is 3.67. The third-order valence-corrected chi connectivity index (χ3v) is 8.63. The van der Waals surface area contributed by atoms with Crippen molar-refractivity contribution in [3.05, 3.63) is 143 Å². The van der Waals surface area contributed by atoms with Gasteiger partial charge >= 0.3 is 0 Å². The fourth-order valence-electron chi connectivity index (χ4n) is 6.07. The average molecular weight is 552 g/mol. The van der Waals surface area contributed by atoms with Crippen LogP contribution in [0.3, 0.4) is 0 Å². The molecule has 0 saturated heterocycles. The molecule has 0 saturated carbocycles. The molecule has 6 aromatic rings. The van der Waals surface area contributed by atoms with Gasteiger partial charge in [0.2, 0.25) is 0 Å². The van der Waals surface area contributed by atoms with E-state index in [4.69, 9.17) is 0 Å². The first kappa shape index (κ1) is 23.2. The topological polar surface area (TPSA) is 0 Å². The van der Waals surface area contributed by atoms with Crippen molar-refractivity contribution >= 4 is 26.7 Å². The molecule has 0 bridgehead atoms. The Balaban J connectivity index is 1.28. The molecule has 0 aromatic heterocycles. The van der Waals surface area contributed by atoms with Gasteiger partial charge < -0.3 is 0 Å². The average Bonchev–Trinajstić information content (AvgIpc) is 3.17. The van der Waals surface area contributed by atoms with Crippen LogP contribution in [0.5, 0.6) is 0 Å². The summed E-state index contributed by atoms with van der Waals surface area (Å²) in [4.78, 5) is 0. The molecular formula is C37H27Br. The van der Waals surface area contributed by atoms with Crippen molar-refractivity contribution in [3.8, 4) is 44.5 Å². The van der Waals surface area contributed by atoms with Gasteiger partial charge in [0.15, 0.2) is 0 Å². The van der Waals surface area contributed by atoms with Gasteiger partial charge in [0, 0.05) is 9.89 Å². The molecule has 0 heterocycles. The van der Waals surface area contributed by atoms with E-state index in [1.165, 1.54) is 66.4 Å². The van der Waals surface area contributed by atoms with Crippen molar-refractivity contribution < 1.29 is 0 Å². The lowest BCUT2D eigenvalue weighted by Gasteiger charge is -2.22. The van der Waals surface area contributed by atoms with Gasteiger partial charge in [-0.3, -0.25) is 0 Å². The molecule has 0 N–H and O–H groups in total. The zero-order chi connectivity index (χ0) is 25.9. The zero-order valence-corrected chi connectivity index (χ0v) is 23.1. The van der Waals surface area contributed by atoms with Crippen LogP contribution in [-0.2, 0) is 5.41 Å². The molecule has 0 fully saturated rings. The Morgan fingerprint density at radius 3 is 1.76 bits per heavy atom. The van der Waals surface area contributed by atoms with E-state index in [-0.39, 0.29) is 5.41 Å². The van der Waals surface area contributed by atoms with Crippen molar-refractivity contribution in [1.29, 1.82) is 0 Å². The maximum Gasteiger partial charge on any atom is 0.0181 e. The molecule has 0 atom stereocenters. The number of rotatable bonds is 3. The van der Waals surface area contributed by atoms with Crippen molar-refractivity contribution in [1.82, 2.24) is 0 Å². The molecule has 7 rings (SSSR count). The molecule has 0 radical (unpaired) electrons. The third kappa shape index (κ3) is 3.73. The van der Waals surface area contributed by atoms with Crippen LogP contribution in [0, 0.1) is 0 Å². The lowest BCUT2D eigenvalue weighted by atomic mass is 9.81. The van der Waals surface area contributed by atoms with Gasteiger partial charge in [-0.1, -0.05) is 127 Å². The highest BCUT2D eigenvalue weighted by Gasteiger charge is 2.35. The van der Waals surface area contributed by atoms with E-state index in [2.05, 4.69) is 157 Å². The van der Waals surface area contributed by atoms with Crippen LogP contribution in [0.1, 0.15) is 25.0 Å². The lowest BCUT2D eigenvalue weighted by molar-refractivity contribution is 0.661. The van der Waals surface area contributed by atoms with Gasteiger partial charge in [-0.05, 0) is 96.7 Å². The molecule has 0 nitrogen and oxygen atoms in total. The number of hydrogen-bond donors (Lipinski definition) is 0. The Morgan fingerprint density at radius 1 is 0.421 bits per heavy atom. The maximum atomic E-state index is 3.67. The summed E-state index contributed by atoms with van der Waals surface area (Å²) in [6, 6.07) is 46.6. The molecule has 38 heavy (non-hydrogen) atoms. The van der Waals surface area contributed by atoms with Crippen LogP contribution in [0.25, 0.3) is 55.3 Å². The first-order valence-electron chi connectivity index (χ1n) is 13.1. The third-order valence-electron chi connectivity index (χ3n) is 8.14. The van der Waals surface area contributed by atoms with Crippen LogP contribution in [-0.4, -0.2) is 0 Å². The number of halogens is 1. The number of benzene rings is 6. The summed E-state index contributed by atoms with van der Waals surface area (Å²) in [5, 5.41) is 2.61. The first-order valence-corrected chi connectivity index (χ1v) is 13.9. The monoisotopic (exact) mass is 550 g/mol. The predicted octanol–water partition coefficient (Wildman–Crippen LogP) is 10.9. The summed E-state index contributed by atoms with van der Waals surface area (Å²) in [7, 11) is 0. The van der Waals surface area contributed by atoms with Crippen molar-refractivity contribution in [2.45, 2.75) is 19.3 Å². The van der Waals surface area contributed by atoms with Crippen LogP contribution in [0.15, 0.2) is 132 Å². The lowest BCUT2D eigenvalue weighted by Crippen LogP contribution is -2.15. The fraction of sp³-hybridized carbons (Fsp3) is 0.0811. The second kappa shape index (κ2) is 8.82. The van der Waals surface area contributed by atoms with E-state index in [0.29, 0.717) is 0 Å². The minimum Gasteiger partial charge on any atom is -0.0622 e. The SMILES string of the molecule is CC1(C)c2cc(-c3ccc(-c4ccc(Br)cc4-c4ccccc4)cc3)ccc2-c2cc3ccccc3cc21. The highest BCUT2D eigenvalue weighted by atomic mass is 79.9. The van der Waals surface area contributed by atoms with Gasteiger partial charge in [-0.15, -0.1) is 0 Å². The van der Waals surface area contributed by atoms with Gasteiger partial charge in [0.1, 0.15) is 0 Å². The standard InChI is InChI=1S/C37H27Br/c1-37(2)35-22-29(16-18-32(35)34-20-27-10-6-7-11-28(27)21-36(34)37)24-12-14-26(15-13-24)31-19-17-30(38)23-33(31)25-8-4-3-5-9-25/h3-23H,1-2H3. The molecule has 6 aromatic carbocycles. The minimum absolute atomic E-state index is 0.0351. The summed E-state index contributed by atoms with van der Waals surface area (Å²) in [6.07, 6.45) is 0. The van der Waals surface area contributed by atoms with Gasteiger partial charge in [-0.25, -0.2) is 0 Å². The molecule has 1 heteroatoms. The molecule has 1 aliphatic carbocycles. The zero-order valence-electron chi connectivity index (χ0n) is 21.5. The molecule has 0 aliphatic heterocycles. The van der Waals surface area contributed by atoms with Crippen LogP contribution >= 0.6 is 15.9 Å². The summed E-state index contributed by atoms with van der Waals surface area (Å²) in [5.41, 5.74) is 12.9. The van der Waals surface area contributed by atoms with E-state index in [1.54, 1.807) is 0 Å². The van der Waals surface area contributed by atoms with Gasteiger partial charge in [-0.2, -0.15) is 0 Å². The first-order chi connectivity index (χ1) is 18.5. The number of hydrogen-bond acceptors (Lipinski definition) is 0. The summed E-state index contributed by atoms with van der Waals surface area (Å²) in [6.45, 7) is 4.72. The maximum absolute atomic E-state index is 3.67. The normalized spacial score (nSPS) is 13.3. The quantitative estimate of drug-likeness (QED) is 0.205. The Morgan fingerprint density at radius 2 is 1.00 bits per heavy atom. The Kier molecular flexibility index (Phi) is 5.39. The molecule has 0 spiro atoms. The predicted molar refractivity (Wildman–Crippen MR) is 166 cm³/mol. The van der Waals surface area contributed by atoms with Crippen molar-refractivity contribution in [2.24, 2.45) is 0 Å². The Bertz CT molecular complexity index is 1830. The molecule has 0 amide bonds. The highest BCUT2D eigenvalue weighted by Crippen LogP contribution is 2.50. The van der Waals surface area contributed by atoms with Crippen LogP contribution in [0.4, 0.5) is 0 Å². The van der Waals surface area contributed by atoms with Crippen molar-refractivity contribution in [2.75, 3.05) is 0 Å². The second-order valence-electron chi connectivity index (χ2n) is 10.8. The molecule has 1 aliphatic rings. The van der Waals surface area contributed by atoms with Crippen molar-refractivity contribution in [3.63, 3.8) is 0 Å². The summed E-state index contributed by atoms with van der Waals surface area (Å²) < 4.78 is 1.09. The molecule has 182 valence electrons. The van der Waals surface area contributed by atoms with E-state index >= 15 is 0 Å². The van der Waals surface area contributed by atoms with E-state index in [1.807, 2.05) is 0 Å². The Labute approximate surface area is 232 Å². The van der Waals surface area contributed by atoms with Gasteiger partial charge in [0.05, 0.1) is 0 Å². The summed E-state index contributed by atoms with van der Waals surface area (Å²) in [5.74, 6) is 0. The van der Waals surface area contributed by atoms with Crippen LogP contribution < -0.4 is 0 Å².